The van der Waals surface area contributed by atoms with Crippen LogP contribution >= 0.6 is 0 Å². The van der Waals surface area contributed by atoms with Gasteiger partial charge in [-0.3, -0.25) is 0 Å². The molecule has 1 aromatic carbocycles. The van der Waals surface area contributed by atoms with Crippen LogP contribution < -0.4 is 10.1 Å². The van der Waals surface area contributed by atoms with Crippen LogP contribution in [0.2, 0.25) is 0 Å². The molecule has 0 saturated carbocycles. The molecule has 1 unspecified atom stereocenters. The average molecular weight is 279 g/mol. The van der Waals surface area contributed by atoms with E-state index in [-0.39, 0.29) is 5.41 Å². The van der Waals surface area contributed by atoms with Gasteiger partial charge in [-0.1, -0.05) is 19.1 Å². The Balaban J connectivity index is 1.77. The van der Waals surface area contributed by atoms with Crippen LogP contribution in [0.1, 0.15) is 31.4 Å². The molecule has 112 valence electrons. The van der Waals surface area contributed by atoms with Gasteiger partial charge in [0.15, 0.2) is 0 Å². The normalized spacial score (nSPS) is 19.6. The Morgan fingerprint density at radius 2 is 1.95 bits per heavy atom. The Morgan fingerprint density at radius 1 is 1.30 bits per heavy atom. The molecule has 2 rings (SSSR count). The Kier molecular flexibility index (Phi) is 5.40. The predicted molar refractivity (Wildman–Crippen MR) is 79.0 cm³/mol. The number of benzene rings is 1. The van der Waals surface area contributed by atoms with Crippen molar-refractivity contribution in [3.8, 4) is 5.75 Å². The number of nitrogens with one attached hydrogen (secondary N) is 1. The maximum absolute atomic E-state index is 10.2. The van der Waals surface area contributed by atoms with Crippen molar-refractivity contribution in [2.45, 2.75) is 25.9 Å². The molecule has 1 aliphatic rings. The van der Waals surface area contributed by atoms with E-state index in [0.717, 1.165) is 43.9 Å². The number of methoxy groups -OCH3 is 1. The molecule has 20 heavy (non-hydrogen) atoms. The molecule has 1 atom stereocenters. The predicted octanol–water partition coefficient (Wildman–Crippen LogP) is 2.13. The molecule has 2 N–H and O–H groups in total. The topological polar surface area (TPSA) is 50.7 Å². The molecule has 0 aromatic heterocycles. The number of hydrogen-bond acceptors (Lipinski definition) is 4. The smallest absolute Gasteiger partial charge is 0.118 e. The summed E-state index contributed by atoms with van der Waals surface area (Å²) >= 11 is 0. The lowest BCUT2D eigenvalue weighted by molar-refractivity contribution is 0.0227. The van der Waals surface area contributed by atoms with E-state index in [1.807, 2.05) is 24.3 Å². The molecule has 4 nitrogen and oxygen atoms in total. The summed E-state index contributed by atoms with van der Waals surface area (Å²) in [5.41, 5.74) is 1.20. The minimum atomic E-state index is -0.482. The fourth-order valence-electron chi connectivity index (χ4n) is 2.50. The highest BCUT2D eigenvalue weighted by atomic mass is 16.5. The van der Waals surface area contributed by atoms with Crippen LogP contribution in [-0.4, -0.2) is 38.5 Å². The minimum Gasteiger partial charge on any atom is -0.497 e. The zero-order valence-electron chi connectivity index (χ0n) is 12.4. The van der Waals surface area contributed by atoms with E-state index in [1.54, 1.807) is 7.11 Å². The van der Waals surface area contributed by atoms with Gasteiger partial charge in [0, 0.05) is 26.3 Å². The zero-order valence-corrected chi connectivity index (χ0v) is 12.4. The SMILES string of the molecule is COc1ccc(C(O)CNCC2(C)CCOCC2)cc1. The maximum atomic E-state index is 10.2. The van der Waals surface area contributed by atoms with Crippen molar-refractivity contribution >= 4 is 0 Å². The number of ether oxygens (including phenoxy) is 2. The number of hydrogen-bond donors (Lipinski definition) is 2. The minimum absolute atomic E-state index is 0.290. The molecular weight excluding hydrogens is 254 g/mol. The van der Waals surface area contributed by atoms with Gasteiger partial charge >= 0.3 is 0 Å². The van der Waals surface area contributed by atoms with Crippen molar-refractivity contribution in [1.82, 2.24) is 5.32 Å². The van der Waals surface area contributed by atoms with Crippen molar-refractivity contribution in [3.05, 3.63) is 29.8 Å². The van der Waals surface area contributed by atoms with E-state index in [2.05, 4.69) is 12.2 Å². The number of rotatable bonds is 6. The van der Waals surface area contributed by atoms with Crippen LogP contribution in [0.5, 0.6) is 5.75 Å². The van der Waals surface area contributed by atoms with Crippen molar-refractivity contribution < 1.29 is 14.6 Å². The van der Waals surface area contributed by atoms with Gasteiger partial charge < -0.3 is 19.9 Å². The standard InChI is InChI=1S/C16H25NO3/c1-16(7-9-20-10-8-16)12-17-11-15(18)13-3-5-14(19-2)6-4-13/h3-6,15,17-18H,7-12H2,1-2H3. The highest BCUT2D eigenvalue weighted by molar-refractivity contribution is 5.28. The second-order valence-corrected chi connectivity index (χ2v) is 5.84. The van der Waals surface area contributed by atoms with Gasteiger partial charge in [-0.05, 0) is 36.0 Å². The molecule has 0 amide bonds. The van der Waals surface area contributed by atoms with E-state index in [4.69, 9.17) is 9.47 Å². The first-order valence-electron chi connectivity index (χ1n) is 7.23. The van der Waals surface area contributed by atoms with E-state index in [0.29, 0.717) is 6.54 Å². The third-order valence-electron chi connectivity index (χ3n) is 4.09. The lowest BCUT2D eigenvalue weighted by Gasteiger charge is -2.34. The molecule has 0 bridgehead atoms. The van der Waals surface area contributed by atoms with E-state index >= 15 is 0 Å². The second kappa shape index (κ2) is 7.07. The molecule has 1 aromatic rings. The zero-order chi connectivity index (χ0) is 14.4. The Hall–Kier alpha value is -1.10. The average Bonchev–Trinajstić information content (AvgIpc) is 2.48. The first kappa shape index (κ1) is 15.3. The molecule has 0 spiro atoms. The van der Waals surface area contributed by atoms with Gasteiger partial charge in [0.25, 0.3) is 0 Å². The van der Waals surface area contributed by atoms with Crippen LogP contribution in [0.25, 0.3) is 0 Å². The maximum Gasteiger partial charge on any atom is 0.118 e. The van der Waals surface area contributed by atoms with Crippen LogP contribution in [0.15, 0.2) is 24.3 Å². The third kappa shape index (κ3) is 4.20. The summed E-state index contributed by atoms with van der Waals surface area (Å²) in [7, 11) is 1.64. The van der Waals surface area contributed by atoms with Crippen molar-refractivity contribution in [2.75, 3.05) is 33.4 Å². The van der Waals surface area contributed by atoms with E-state index in [1.165, 1.54) is 0 Å². The van der Waals surface area contributed by atoms with Crippen LogP contribution in [0.3, 0.4) is 0 Å². The van der Waals surface area contributed by atoms with Crippen LogP contribution in [0.4, 0.5) is 0 Å². The van der Waals surface area contributed by atoms with Crippen LogP contribution in [-0.2, 0) is 4.74 Å². The monoisotopic (exact) mass is 279 g/mol. The summed E-state index contributed by atoms with van der Waals surface area (Å²) in [6.07, 6.45) is 1.68. The van der Waals surface area contributed by atoms with Crippen molar-refractivity contribution in [2.24, 2.45) is 5.41 Å². The van der Waals surface area contributed by atoms with Crippen molar-refractivity contribution in [3.63, 3.8) is 0 Å². The van der Waals surface area contributed by atoms with Gasteiger partial charge in [-0.25, -0.2) is 0 Å². The van der Waals surface area contributed by atoms with Gasteiger partial charge in [-0.15, -0.1) is 0 Å². The molecule has 0 aliphatic carbocycles. The fourth-order valence-corrected chi connectivity index (χ4v) is 2.50. The lowest BCUT2D eigenvalue weighted by atomic mass is 9.82. The van der Waals surface area contributed by atoms with Gasteiger partial charge in [0.2, 0.25) is 0 Å². The summed E-state index contributed by atoms with van der Waals surface area (Å²) < 4.78 is 10.5. The largest absolute Gasteiger partial charge is 0.497 e. The highest BCUT2D eigenvalue weighted by Gasteiger charge is 2.26. The molecule has 1 fully saturated rings. The Morgan fingerprint density at radius 3 is 2.55 bits per heavy atom. The summed E-state index contributed by atoms with van der Waals surface area (Å²) in [6.45, 7) is 5.47. The van der Waals surface area contributed by atoms with Crippen molar-refractivity contribution in [1.29, 1.82) is 0 Å². The van der Waals surface area contributed by atoms with Gasteiger partial charge in [-0.2, -0.15) is 0 Å². The summed E-state index contributed by atoms with van der Waals surface area (Å²) in [5, 5.41) is 13.6. The Bertz CT molecular complexity index is 399. The highest BCUT2D eigenvalue weighted by Crippen LogP contribution is 2.28. The fraction of sp³-hybridized carbons (Fsp3) is 0.625. The first-order valence-corrected chi connectivity index (χ1v) is 7.23. The third-order valence-corrected chi connectivity index (χ3v) is 4.09. The second-order valence-electron chi connectivity index (χ2n) is 5.84. The number of aliphatic hydroxyl groups is 1. The molecule has 4 heteroatoms. The van der Waals surface area contributed by atoms with Crippen LogP contribution in [0, 0.1) is 5.41 Å². The van der Waals surface area contributed by atoms with E-state index in [9.17, 15) is 5.11 Å². The molecule has 0 radical (unpaired) electrons. The Labute approximate surface area is 121 Å². The summed E-state index contributed by atoms with van der Waals surface area (Å²) in [6, 6.07) is 7.55. The quantitative estimate of drug-likeness (QED) is 0.837. The molecule has 1 heterocycles. The summed E-state index contributed by atoms with van der Waals surface area (Å²) in [4.78, 5) is 0. The summed E-state index contributed by atoms with van der Waals surface area (Å²) in [5.74, 6) is 0.809. The lowest BCUT2D eigenvalue weighted by Crippen LogP contribution is -2.38. The van der Waals surface area contributed by atoms with E-state index < -0.39 is 6.10 Å². The molecular formula is C16H25NO3. The molecule has 1 saturated heterocycles. The van der Waals surface area contributed by atoms with Gasteiger partial charge in [0.05, 0.1) is 13.2 Å². The number of aliphatic hydroxyl groups excluding tert-OH is 1. The molecule has 1 aliphatic heterocycles. The first-order chi connectivity index (χ1) is 9.63. The van der Waals surface area contributed by atoms with Gasteiger partial charge in [0.1, 0.15) is 5.75 Å².